The smallest absolute Gasteiger partial charge is 0.307 e. The van der Waals surface area contributed by atoms with Crippen LogP contribution in [0.3, 0.4) is 0 Å². The summed E-state index contributed by atoms with van der Waals surface area (Å²) < 4.78 is 0. The SMILES string of the molecule is O=C(Cc1ccc(Cl)cc1Cl)C[C@@H](Cc1ccccc1)C(=O)O. The molecule has 2 aromatic rings. The first-order valence-electron chi connectivity index (χ1n) is 7.18. The van der Waals surface area contributed by atoms with E-state index in [0.717, 1.165) is 5.56 Å². The van der Waals surface area contributed by atoms with Crippen molar-refractivity contribution in [1.29, 1.82) is 0 Å². The van der Waals surface area contributed by atoms with Crippen LogP contribution in [-0.2, 0) is 22.4 Å². The maximum atomic E-state index is 12.2. The number of benzene rings is 2. The molecular formula is C18H16Cl2O3. The van der Waals surface area contributed by atoms with Gasteiger partial charge in [-0.25, -0.2) is 0 Å². The maximum absolute atomic E-state index is 12.2. The monoisotopic (exact) mass is 350 g/mol. The first-order valence-corrected chi connectivity index (χ1v) is 7.93. The van der Waals surface area contributed by atoms with E-state index in [1.807, 2.05) is 30.3 Å². The molecule has 0 spiro atoms. The van der Waals surface area contributed by atoms with E-state index in [1.54, 1.807) is 18.2 Å². The summed E-state index contributed by atoms with van der Waals surface area (Å²) in [5.74, 6) is -1.86. The average molecular weight is 351 g/mol. The molecule has 0 aromatic heterocycles. The molecule has 3 nitrogen and oxygen atoms in total. The van der Waals surface area contributed by atoms with Gasteiger partial charge >= 0.3 is 5.97 Å². The molecule has 0 bridgehead atoms. The second kappa shape index (κ2) is 8.14. The van der Waals surface area contributed by atoms with Crippen molar-refractivity contribution in [3.05, 3.63) is 69.7 Å². The van der Waals surface area contributed by atoms with Crippen molar-refractivity contribution in [3.8, 4) is 0 Å². The van der Waals surface area contributed by atoms with Crippen LogP contribution in [0.5, 0.6) is 0 Å². The van der Waals surface area contributed by atoms with Crippen LogP contribution < -0.4 is 0 Å². The van der Waals surface area contributed by atoms with Crippen molar-refractivity contribution < 1.29 is 14.7 Å². The van der Waals surface area contributed by atoms with E-state index in [0.29, 0.717) is 22.0 Å². The van der Waals surface area contributed by atoms with Crippen LogP contribution in [0.25, 0.3) is 0 Å². The fraction of sp³-hybridized carbons (Fsp3) is 0.222. The lowest BCUT2D eigenvalue weighted by atomic mass is 9.92. The van der Waals surface area contributed by atoms with Crippen molar-refractivity contribution in [2.75, 3.05) is 0 Å². The van der Waals surface area contributed by atoms with Crippen LogP contribution in [0, 0.1) is 5.92 Å². The van der Waals surface area contributed by atoms with Crippen LogP contribution in [0.4, 0.5) is 0 Å². The van der Waals surface area contributed by atoms with Gasteiger partial charge in [-0.15, -0.1) is 0 Å². The van der Waals surface area contributed by atoms with Crippen LogP contribution >= 0.6 is 23.2 Å². The molecule has 0 saturated carbocycles. The number of halogens is 2. The number of carbonyl (C=O) groups excluding carboxylic acids is 1. The predicted octanol–water partition coefficient (Wildman–Crippen LogP) is 4.44. The average Bonchev–Trinajstić information content (AvgIpc) is 2.50. The zero-order valence-electron chi connectivity index (χ0n) is 12.3. The molecule has 5 heteroatoms. The van der Waals surface area contributed by atoms with Gasteiger partial charge in [-0.05, 0) is 29.7 Å². The Bertz CT molecular complexity index is 699. The van der Waals surface area contributed by atoms with E-state index in [-0.39, 0.29) is 18.6 Å². The highest BCUT2D eigenvalue weighted by atomic mass is 35.5. The molecular weight excluding hydrogens is 335 g/mol. The van der Waals surface area contributed by atoms with E-state index < -0.39 is 11.9 Å². The topological polar surface area (TPSA) is 54.4 Å². The molecule has 1 N–H and O–H groups in total. The van der Waals surface area contributed by atoms with E-state index in [2.05, 4.69) is 0 Å². The Hall–Kier alpha value is -1.84. The third-order valence-corrected chi connectivity index (χ3v) is 4.14. The molecule has 0 heterocycles. The Morgan fingerprint density at radius 3 is 2.35 bits per heavy atom. The quantitative estimate of drug-likeness (QED) is 0.802. The lowest BCUT2D eigenvalue weighted by Gasteiger charge is -2.12. The van der Waals surface area contributed by atoms with Gasteiger partial charge in [-0.1, -0.05) is 59.6 Å². The summed E-state index contributed by atoms with van der Waals surface area (Å²) in [7, 11) is 0. The molecule has 0 aliphatic carbocycles. The summed E-state index contributed by atoms with van der Waals surface area (Å²) in [6.45, 7) is 0. The standard InChI is InChI=1S/C18H16Cl2O3/c19-15-7-6-13(17(20)11-15)9-16(21)10-14(18(22)23)8-12-4-2-1-3-5-12/h1-7,11,14H,8-10H2,(H,22,23)/t14-/m1/s1. The highest BCUT2D eigenvalue weighted by Crippen LogP contribution is 2.23. The summed E-state index contributed by atoms with van der Waals surface area (Å²) in [5.41, 5.74) is 1.56. The third kappa shape index (κ3) is 5.38. The van der Waals surface area contributed by atoms with Crippen molar-refractivity contribution in [3.63, 3.8) is 0 Å². The fourth-order valence-corrected chi connectivity index (χ4v) is 2.85. The Labute approximate surface area is 144 Å². The molecule has 0 aliphatic rings. The number of carbonyl (C=O) groups is 2. The van der Waals surface area contributed by atoms with Gasteiger partial charge in [-0.3, -0.25) is 9.59 Å². The molecule has 0 saturated heterocycles. The summed E-state index contributed by atoms with van der Waals surface area (Å²) in [6, 6.07) is 14.2. The highest BCUT2D eigenvalue weighted by Gasteiger charge is 2.22. The van der Waals surface area contributed by atoms with Crippen molar-refractivity contribution in [2.24, 2.45) is 5.92 Å². The van der Waals surface area contributed by atoms with Gasteiger partial charge < -0.3 is 5.11 Å². The molecule has 0 aliphatic heterocycles. The lowest BCUT2D eigenvalue weighted by molar-refractivity contribution is -0.143. The van der Waals surface area contributed by atoms with Crippen molar-refractivity contribution >= 4 is 35.0 Å². The van der Waals surface area contributed by atoms with Crippen LogP contribution in [0.1, 0.15) is 17.5 Å². The number of hydrogen-bond acceptors (Lipinski definition) is 2. The Kier molecular flexibility index (Phi) is 6.20. The van der Waals surface area contributed by atoms with Gasteiger partial charge in [0.2, 0.25) is 0 Å². The fourth-order valence-electron chi connectivity index (χ4n) is 2.37. The minimum Gasteiger partial charge on any atom is -0.481 e. The van der Waals surface area contributed by atoms with E-state index in [1.165, 1.54) is 0 Å². The summed E-state index contributed by atoms with van der Waals surface area (Å²) in [6.07, 6.45) is 0.411. The van der Waals surface area contributed by atoms with Crippen LogP contribution in [0.15, 0.2) is 48.5 Å². The van der Waals surface area contributed by atoms with Gasteiger partial charge in [0, 0.05) is 22.9 Å². The Morgan fingerprint density at radius 2 is 1.74 bits per heavy atom. The van der Waals surface area contributed by atoms with Crippen molar-refractivity contribution in [2.45, 2.75) is 19.3 Å². The molecule has 0 radical (unpaired) electrons. The Morgan fingerprint density at radius 1 is 1.04 bits per heavy atom. The number of ketones is 1. The minimum atomic E-state index is -0.968. The van der Waals surface area contributed by atoms with Gasteiger partial charge in [0.05, 0.1) is 5.92 Å². The summed E-state index contributed by atoms with van der Waals surface area (Å²) in [4.78, 5) is 23.6. The van der Waals surface area contributed by atoms with Gasteiger partial charge in [0.1, 0.15) is 5.78 Å². The maximum Gasteiger partial charge on any atom is 0.307 e. The normalized spacial score (nSPS) is 11.9. The highest BCUT2D eigenvalue weighted by molar-refractivity contribution is 6.35. The van der Waals surface area contributed by atoms with E-state index in [9.17, 15) is 14.7 Å². The third-order valence-electron chi connectivity index (χ3n) is 3.55. The second-order valence-corrected chi connectivity index (χ2v) is 6.22. The zero-order valence-corrected chi connectivity index (χ0v) is 13.8. The van der Waals surface area contributed by atoms with Crippen molar-refractivity contribution in [1.82, 2.24) is 0 Å². The number of rotatable bonds is 7. The molecule has 1 atom stereocenters. The molecule has 2 aromatic carbocycles. The Balaban J connectivity index is 2.02. The molecule has 120 valence electrons. The lowest BCUT2D eigenvalue weighted by Crippen LogP contribution is -2.21. The number of carboxylic acids is 1. The second-order valence-electron chi connectivity index (χ2n) is 5.38. The number of hydrogen-bond donors (Lipinski definition) is 1. The molecule has 0 amide bonds. The molecule has 0 unspecified atom stereocenters. The molecule has 0 fully saturated rings. The van der Waals surface area contributed by atoms with E-state index >= 15 is 0 Å². The van der Waals surface area contributed by atoms with E-state index in [4.69, 9.17) is 23.2 Å². The number of Topliss-reactive ketones (excluding diaryl/α,β-unsaturated/α-hetero) is 1. The minimum absolute atomic E-state index is 0.0246. The van der Waals surface area contributed by atoms with Gasteiger partial charge in [0.25, 0.3) is 0 Å². The first-order chi connectivity index (χ1) is 11.0. The summed E-state index contributed by atoms with van der Waals surface area (Å²) >= 11 is 11.9. The molecule has 2 rings (SSSR count). The zero-order chi connectivity index (χ0) is 16.8. The van der Waals surface area contributed by atoms with Gasteiger partial charge in [0.15, 0.2) is 0 Å². The van der Waals surface area contributed by atoms with Crippen LogP contribution in [-0.4, -0.2) is 16.9 Å². The number of carboxylic acid groups (broad SMARTS) is 1. The van der Waals surface area contributed by atoms with Crippen LogP contribution in [0.2, 0.25) is 10.0 Å². The predicted molar refractivity (Wildman–Crippen MR) is 91.1 cm³/mol. The number of aliphatic carboxylic acids is 1. The first kappa shape index (κ1) is 17.5. The largest absolute Gasteiger partial charge is 0.481 e. The summed E-state index contributed by atoms with van der Waals surface area (Å²) in [5, 5.41) is 10.3. The molecule has 23 heavy (non-hydrogen) atoms. The van der Waals surface area contributed by atoms with Gasteiger partial charge in [-0.2, -0.15) is 0 Å².